The van der Waals surface area contributed by atoms with Gasteiger partial charge in [0, 0.05) is 43.2 Å². The average molecular weight is 321 g/mol. The fourth-order valence-corrected chi connectivity index (χ4v) is 3.63. The number of nitrogens with zero attached hydrogens (tertiary/aromatic N) is 3. The number of carbonyl (C=O) groups is 2. The van der Waals surface area contributed by atoms with E-state index in [2.05, 4.69) is 20.6 Å². The maximum absolute atomic E-state index is 12.3. The normalized spacial score (nSPS) is 22.5. The van der Waals surface area contributed by atoms with E-state index in [1.807, 2.05) is 4.90 Å². The molecule has 118 valence electrons. The van der Waals surface area contributed by atoms with E-state index in [4.69, 9.17) is 0 Å². The lowest BCUT2D eigenvalue weighted by Crippen LogP contribution is -2.51. The van der Waals surface area contributed by atoms with Crippen molar-refractivity contribution in [2.75, 3.05) is 24.7 Å². The lowest BCUT2D eigenvalue weighted by molar-refractivity contribution is -0.133. The smallest absolute Gasteiger partial charge is 0.271 e. The molecule has 0 spiro atoms. The van der Waals surface area contributed by atoms with Gasteiger partial charge in [0.15, 0.2) is 0 Å². The Hall–Kier alpha value is -1.67. The summed E-state index contributed by atoms with van der Waals surface area (Å²) in [5.41, 5.74) is 0.327. The van der Waals surface area contributed by atoms with Crippen molar-refractivity contribution < 1.29 is 9.59 Å². The molecule has 22 heavy (non-hydrogen) atoms. The molecule has 7 nitrogen and oxygen atoms in total. The molecule has 2 aliphatic heterocycles. The molecule has 2 amide bonds. The SMILES string of the molecule is O=C(NC1CCN(C(=O)C2CSCN2)CC1)c1cnccn1. The number of hydrogen-bond donors (Lipinski definition) is 2. The van der Waals surface area contributed by atoms with Crippen LogP contribution in [0.4, 0.5) is 0 Å². The van der Waals surface area contributed by atoms with Crippen molar-refractivity contribution in [2.24, 2.45) is 0 Å². The number of thioether (sulfide) groups is 1. The first-order valence-electron chi connectivity index (χ1n) is 7.41. The van der Waals surface area contributed by atoms with Gasteiger partial charge in [0.1, 0.15) is 5.69 Å². The van der Waals surface area contributed by atoms with Crippen LogP contribution in [0.5, 0.6) is 0 Å². The summed E-state index contributed by atoms with van der Waals surface area (Å²) in [5, 5.41) is 6.17. The fraction of sp³-hybridized carbons (Fsp3) is 0.571. The molecule has 3 heterocycles. The molecule has 1 aromatic rings. The van der Waals surface area contributed by atoms with Crippen molar-refractivity contribution >= 4 is 23.6 Å². The fourth-order valence-electron chi connectivity index (χ4n) is 2.69. The van der Waals surface area contributed by atoms with Crippen LogP contribution in [0, 0.1) is 0 Å². The number of carbonyl (C=O) groups excluding carboxylic acids is 2. The van der Waals surface area contributed by atoms with E-state index in [0.717, 1.165) is 24.5 Å². The highest BCUT2D eigenvalue weighted by Crippen LogP contribution is 2.16. The average Bonchev–Trinajstić information content (AvgIpc) is 3.10. The summed E-state index contributed by atoms with van der Waals surface area (Å²) in [5.74, 6) is 1.68. The second-order valence-corrected chi connectivity index (χ2v) is 6.47. The lowest BCUT2D eigenvalue weighted by atomic mass is 10.0. The van der Waals surface area contributed by atoms with E-state index in [9.17, 15) is 9.59 Å². The molecule has 1 atom stereocenters. The van der Waals surface area contributed by atoms with E-state index >= 15 is 0 Å². The van der Waals surface area contributed by atoms with Gasteiger partial charge in [-0.2, -0.15) is 0 Å². The van der Waals surface area contributed by atoms with E-state index in [0.29, 0.717) is 18.8 Å². The van der Waals surface area contributed by atoms with Gasteiger partial charge >= 0.3 is 0 Å². The van der Waals surface area contributed by atoms with Crippen molar-refractivity contribution in [1.29, 1.82) is 0 Å². The molecule has 1 aromatic heterocycles. The van der Waals surface area contributed by atoms with Crippen molar-refractivity contribution in [1.82, 2.24) is 25.5 Å². The van der Waals surface area contributed by atoms with Crippen LogP contribution in [0.3, 0.4) is 0 Å². The zero-order valence-corrected chi connectivity index (χ0v) is 13.0. The molecule has 0 bridgehead atoms. The summed E-state index contributed by atoms with van der Waals surface area (Å²) in [6.07, 6.45) is 6.05. The summed E-state index contributed by atoms with van der Waals surface area (Å²) in [7, 11) is 0. The van der Waals surface area contributed by atoms with Crippen LogP contribution in [0.2, 0.25) is 0 Å². The standard InChI is InChI=1S/C14H19N5O2S/c20-13(11-7-15-3-4-16-11)18-10-1-5-19(6-2-10)14(21)12-8-22-9-17-12/h3-4,7,10,12,17H,1-2,5-6,8-9H2,(H,18,20). The van der Waals surface area contributed by atoms with Gasteiger partial charge in [-0.3, -0.25) is 19.9 Å². The third-order valence-electron chi connectivity index (χ3n) is 3.95. The van der Waals surface area contributed by atoms with E-state index in [-0.39, 0.29) is 23.9 Å². The number of nitrogens with one attached hydrogen (secondary N) is 2. The molecule has 2 saturated heterocycles. The van der Waals surface area contributed by atoms with Gasteiger partial charge in [-0.1, -0.05) is 0 Å². The second-order valence-electron chi connectivity index (χ2n) is 5.44. The van der Waals surface area contributed by atoms with Crippen LogP contribution in [-0.2, 0) is 4.79 Å². The molecule has 2 aliphatic rings. The summed E-state index contributed by atoms with van der Waals surface area (Å²) in [6.45, 7) is 1.38. The summed E-state index contributed by atoms with van der Waals surface area (Å²) in [4.78, 5) is 34.1. The van der Waals surface area contributed by atoms with E-state index < -0.39 is 0 Å². The van der Waals surface area contributed by atoms with Crippen LogP contribution < -0.4 is 10.6 Å². The quantitative estimate of drug-likeness (QED) is 0.806. The first kappa shape index (κ1) is 15.2. The highest BCUT2D eigenvalue weighted by Gasteiger charge is 2.30. The van der Waals surface area contributed by atoms with Gasteiger partial charge < -0.3 is 10.2 Å². The van der Waals surface area contributed by atoms with Crippen molar-refractivity contribution in [3.8, 4) is 0 Å². The minimum Gasteiger partial charge on any atom is -0.348 e. The molecule has 2 fully saturated rings. The highest BCUT2D eigenvalue weighted by molar-refractivity contribution is 7.99. The van der Waals surface area contributed by atoms with E-state index in [1.54, 1.807) is 11.8 Å². The summed E-state index contributed by atoms with van der Waals surface area (Å²) < 4.78 is 0. The Morgan fingerprint density at radius 2 is 2.14 bits per heavy atom. The maximum atomic E-state index is 12.3. The minimum absolute atomic E-state index is 0.0456. The van der Waals surface area contributed by atoms with Gasteiger partial charge in [0.25, 0.3) is 5.91 Å². The molecular weight excluding hydrogens is 302 g/mol. The highest BCUT2D eigenvalue weighted by atomic mass is 32.2. The van der Waals surface area contributed by atoms with Crippen LogP contribution in [0.1, 0.15) is 23.3 Å². The zero-order valence-electron chi connectivity index (χ0n) is 12.2. The molecular formula is C14H19N5O2S. The molecule has 3 rings (SSSR count). The number of amides is 2. The molecule has 2 N–H and O–H groups in total. The first-order valence-corrected chi connectivity index (χ1v) is 8.56. The molecule has 8 heteroatoms. The Morgan fingerprint density at radius 1 is 1.32 bits per heavy atom. The Bertz CT molecular complexity index is 527. The van der Waals surface area contributed by atoms with Crippen LogP contribution in [-0.4, -0.2) is 63.5 Å². The third-order valence-corrected chi connectivity index (χ3v) is 4.89. The Kier molecular flexibility index (Phi) is 4.89. The van der Waals surface area contributed by atoms with Crippen LogP contribution in [0.25, 0.3) is 0 Å². The minimum atomic E-state index is -0.202. The number of rotatable bonds is 3. The van der Waals surface area contributed by atoms with Gasteiger partial charge in [-0.25, -0.2) is 4.98 Å². The predicted molar refractivity (Wildman–Crippen MR) is 83.3 cm³/mol. The molecule has 0 aromatic carbocycles. The third kappa shape index (κ3) is 3.56. The molecule has 0 saturated carbocycles. The Labute approximate surface area is 133 Å². The predicted octanol–water partition coefficient (Wildman–Crippen LogP) is -0.140. The van der Waals surface area contributed by atoms with Gasteiger partial charge in [0.05, 0.1) is 12.2 Å². The van der Waals surface area contributed by atoms with Crippen LogP contribution in [0.15, 0.2) is 18.6 Å². The van der Waals surface area contributed by atoms with Crippen molar-refractivity contribution in [3.05, 3.63) is 24.3 Å². The van der Waals surface area contributed by atoms with Crippen LogP contribution >= 0.6 is 11.8 Å². The largest absolute Gasteiger partial charge is 0.348 e. The number of hydrogen-bond acceptors (Lipinski definition) is 6. The topological polar surface area (TPSA) is 87.2 Å². The van der Waals surface area contributed by atoms with Gasteiger partial charge in [0.2, 0.25) is 5.91 Å². The second kappa shape index (κ2) is 7.06. The van der Waals surface area contributed by atoms with Crippen molar-refractivity contribution in [2.45, 2.75) is 24.9 Å². The Balaban J connectivity index is 1.47. The van der Waals surface area contributed by atoms with Gasteiger partial charge in [-0.05, 0) is 12.8 Å². The molecule has 0 radical (unpaired) electrons. The number of likely N-dealkylation sites (tertiary alicyclic amines) is 1. The summed E-state index contributed by atoms with van der Waals surface area (Å²) in [6, 6.07) is 0.0419. The van der Waals surface area contributed by atoms with Crippen molar-refractivity contribution in [3.63, 3.8) is 0 Å². The number of piperidine rings is 1. The Morgan fingerprint density at radius 3 is 2.77 bits per heavy atom. The lowest BCUT2D eigenvalue weighted by Gasteiger charge is -2.33. The summed E-state index contributed by atoms with van der Waals surface area (Å²) >= 11 is 1.75. The zero-order chi connectivity index (χ0) is 15.4. The maximum Gasteiger partial charge on any atom is 0.271 e. The van der Waals surface area contributed by atoms with Gasteiger partial charge in [-0.15, -0.1) is 11.8 Å². The molecule has 1 unspecified atom stereocenters. The number of aromatic nitrogens is 2. The monoisotopic (exact) mass is 321 g/mol. The van der Waals surface area contributed by atoms with E-state index in [1.165, 1.54) is 18.6 Å². The molecule has 0 aliphatic carbocycles. The first-order chi connectivity index (χ1) is 10.7.